The highest BCUT2D eigenvalue weighted by molar-refractivity contribution is 7.89. The maximum absolute atomic E-state index is 12.0. The lowest BCUT2D eigenvalue weighted by Gasteiger charge is -2.08. The molecule has 140 valence electrons. The van der Waals surface area contributed by atoms with Crippen LogP contribution in [-0.4, -0.2) is 29.7 Å². The van der Waals surface area contributed by atoms with Crippen LogP contribution in [0, 0.1) is 0 Å². The number of nitrogens with zero attached hydrogens (tertiary/aromatic N) is 2. The first-order valence-corrected chi connectivity index (χ1v) is 9.25. The molecule has 9 nitrogen and oxygen atoms in total. The van der Waals surface area contributed by atoms with Crippen molar-refractivity contribution in [2.24, 2.45) is 10.9 Å². The SMILES string of the molecule is NC(=O)N(O)Cc1nc(-c2ccccc2)c(-c2ccccc2S(N)(=O)=O)o1. The Kier molecular flexibility index (Phi) is 4.95. The molecule has 0 saturated carbocycles. The zero-order valence-corrected chi connectivity index (χ0v) is 14.8. The monoisotopic (exact) mass is 388 g/mol. The number of hydrogen-bond donors (Lipinski definition) is 3. The molecule has 2 amide bonds. The van der Waals surface area contributed by atoms with Gasteiger partial charge in [0.2, 0.25) is 15.9 Å². The highest BCUT2D eigenvalue weighted by Crippen LogP contribution is 2.36. The minimum absolute atomic E-state index is 0.0330. The van der Waals surface area contributed by atoms with Gasteiger partial charge in [0.1, 0.15) is 12.2 Å². The van der Waals surface area contributed by atoms with E-state index in [1.165, 1.54) is 18.2 Å². The molecule has 27 heavy (non-hydrogen) atoms. The summed E-state index contributed by atoms with van der Waals surface area (Å²) in [5, 5.41) is 15.1. The number of primary sulfonamides is 1. The molecule has 10 heteroatoms. The molecule has 0 unspecified atom stereocenters. The molecule has 0 saturated heterocycles. The third kappa shape index (κ3) is 3.97. The number of carbonyl (C=O) groups excluding carboxylic acids is 1. The third-order valence-electron chi connectivity index (χ3n) is 3.70. The second kappa shape index (κ2) is 7.19. The number of rotatable bonds is 5. The van der Waals surface area contributed by atoms with Gasteiger partial charge in [-0.25, -0.2) is 23.3 Å². The fourth-order valence-electron chi connectivity index (χ4n) is 2.51. The van der Waals surface area contributed by atoms with Crippen LogP contribution in [0.25, 0.3) is 22.6 Å². The quantitative estimate of drug-likeness (QED) is 0.448. The first kappa shape index (κ1) is 18.6. The van der Waals surface area contributed by atoms with Crippen LogP contribution in [0.5, 0.6) is 0 Å². The average molecular weight is 388 g/mol. The van der Waals surface area contributed by atoms with Crippen molar-refractivity contribution in [2.75, 3.05) is 0 Å². The largest absolute Gasteiger partial charge is 0.438 e. The molecule has 1 aromatic heterocycles. The number of hydrogen-bond acceptors (Lipinski definition) is 6. The number of sulfonamides is 1. The number of benzene rings is 2. The molecular formula is C17H16N4O5S. The third-order valence-corrected chi connectivity index (χ3v) is 4.67. The predicted octanol–water partition coefficient (Wildman–Crippen LogP) is 1.93. The lowest BCUT2D eigenvalue weighted by Crippen LogP contribution is -2.32. The van der Waals surface area contributed by atoms with Gasteiger partial charge < -0.3 is 10.2 Å². The molecule has 0 aliphatic carbocycles. The molecule has 0 spiro atoms. The number of hydroxylamine groups is 2. The summed E-state index contributed by atoms with van der Waals surface area (Å²) in [6.07, 6.45) is 0. The lowest BCUT2D eigenvalue weighted by molar-refractivity contribution is -0.0523. The summed E-state index contributed by atoms with van der Waals surface area (Å²) >= 11 is 0. The topological polar surface area (TPSA) is 153 Å². The summed E-state index contributed by atoms with van der Waals surface area (Å²) in [6.45, 7) is -0.410. The fraction of sp³-hybridized carbons (Fsp3) is 0.0588. The Bertz CT molecular complexity index is 1080. The van der Waals surface area contributed by atoms with E-state index < -0.39 is 22.6 Å². The smallest absolute Gasteiger partial charge is 0.339 e. The first-order chi connectivity index (χ1) is 12.8. The van der Waals surface area contributed by atoms with Crippen LogP contribution < -0.4 is 10.9 Å². The van der Waals surface area contributed by atoms with Gasteiger partial charge >= 0.3 is 6.03 Å². The lowest BCUT2D eigenvalue weighted by atomic mass is 10.1. The van der Waals surface area contributed by atoms with Gasteiger partial charge in [-0.05, 0) is 12.1 Å². The van der Waals surface area contributed by atoms with Crippen LogP contribution in [-0.2, 0) is 16.6 Å². The van der Waals surface area contributed by atoms with E-state index in [0.717, 1.165) is 0 Å². The van der Waals surface area contributed by atoms with Crippen LogP contribution in [0.4, 0.5) is 4.79 Å². The number of aromatic nitrogens is 1. The highest BCUT2D eigenvalue weighted by atomic mass is 32.2. The number of carbonyl (C=O) groups is 1. The van der Waals surface area contributed by atoms with E-state index in [1.807, 2.05) is 6.07 Å². The number of primary amides is 1. The van der Waals surface area contributed by atoms with E-state index in [0.29, 0.717) is 11.3 Å². The summed E-state index contributed by atoms with van der Waals surface area (Å²) in [7, 11) is -4.03. The van der Waals surface area contributed by atoms with Gasteiger partial charge in [0.25, 0.3) is 0 Å². The van der Waals surface area contributed by atoms with E-state index in [-0.39, 0.29) is 27.2 Å². The van der Waals surface area contributed by atoms with E-state index >= 15 is 0 Å². The Balaban J connectivity index is 2.20. The average Bonchev–Trinajstić information content (AvgIpc) is 3.05. The molecule has 0 radical (unpaired) electrons. The predicted molar refractivity (Wildman–Crippen MR) is 95.7 cm³/mol. The summed E-state index contributed by atoms with van der Waals surface area (Å²) in [4.78, 5) is 15.2. The van der Waals surface area contributed by atoms with Gasteiger partial charge in [-0.1, -0.05) is 42.5 Å². The standard InChI is InChI=1S/C17H16N4O5S/c18-17(22)21(23)10-14-20-15(11-6-2-1-3-7-11)16(26-14)12-8-4-5-9-13(12)27(19,24)25/h1-9,23H,10H2,(H2,18,22)(H2,19,24,25). The number of oxazole rings is 1. The van der Waals surface area contributed by atoms with Crippen molar-refractivity contribution in [3.63, 3.8) is 0 Å². The highest BCUT2D eigenvalue weighted by Gasteiger charge is 2.24. The van der Waals surface area contributed by atoms with Gasteiger partial charge in [-0.15, -0.1) is 0 Å². The van der Waals surface area contributed by atoms with Crippen LogP contribution in [0.15, 0.2) is 63.9 Å². The molecule has 0 aliphatic rings. The zero-order chi connectivity index (χ0) is 19.6. The molecule has 0 fully saturated rings. The second-order valence-corrected chi connectivity index (χ2v) is 7.12. The molecular weight excluding hydrogens is 372 g/mol. The molecule has 1 heterocycles. The van der Waals surface area contributed by atoms with Crippen molar-refractivity contribution in [1.82, 2.24) is 10.0 Å². The molecule has 5 N–H and O–H groups in total. The maximum atomic E-state index is 12.0. The van der Waals surface area contributed by atoms with Crippen LogP contribution in [0.2, 0.25) is 0 Å². The van der Waals surface area contributed by atoms with Crippen molar-refractivity contribution in [2.45, 2.75) is 11.4 Å². The zero-order valence-electron chi connectivity index (χ0n) is 13.9. The Morgan fingerprint density at radius 2 is 1.74 bits per heavy atom. The van der Waals surface area contributed by atoms with Crippen LogP contribution >= 0.6 is 0 Å². The van der Waals surface area contributed by atoms with E-state index in [1.54, 1.807) is 30.3 Å². The summed E-state index contributed by atoms with van der Waals surface area (Å²) < 4.78 is 29.6. The van der Waals surface area contributed by atoms with E-state index in [9.17, 15) is 18.4 Å². The minimum Gasteiger partial charge on any atom is -0.438 e. The molecule has 3 aromatic rings. The molecule has 3 rings (SSSR count). The Hall–Kier alpha value is -3.21. The van der Waals surface area contributed by atoms with Gasteiger partial charge in [0.05, 0.1) is 4.90 Å². The van der Waals surface area contributed by atoms with Gasteiger partial charge in [-0.2, -0.15) is 5.06 Å². The number of urea groups is 1. The first-order valence-electron chi connectivity index (χ1n) is 7.70. The Morgan fingerprint density at radius 1 is 1.11 bits per heavy atom. The molecule has 0 atom stereocenters. The van der Waals surface area contributed by atoms with E-state index in [2.05, 4.69) is 4.98 Å². The second-order valence-electron chi connectivity index (χ2n) is 5.59. The molecule has 2 aromatic carbocycles. The van der Waals surface area contributed by atoms with E-state index in [4.69, 9.17) is 15.3 Å². The summed E-state index contributed by atoms with van der Waals surface area (Å²) in [5.74, 6) is 0.105. The van der Waals surface area contributed by atoms with Gasteiger partial charge in [-0.3, -0.25) is 5.21 Å². The fourth-order valence-corrected chi connectivity index (χ4v) is 3.25. The van der Waals surface area contributed by atoms with Crippen molar-refractivity contribution in [3.05, 3.63) is 60.5 Å². The van der Waals surface area contributed by atoms with Crippen molar-refractivity contribution >= 4 is 16.1 Å². The van der Waals surface area contributed by atoms with Crippen molar-refractivity contribution < 1.29 is 22.8 Å². The molecule has 0 bridgehead atoms. The van der Waals surface area contributed by atoms with Crippen molar-refractivity contribution in [3.8, 4) is 22.6 Å². The van der Waals surface area contributed by atoms with Gasteiger partial charge in [0.15, 0.2) is 5.76 Å². The number of nitrogens with two attached hydrogens (primary N) is 2. The van der Waals surface area contributed by atoms with Crippen molar-refractivity contribution in [1.29, 1.82) is 0 Å². The summed E-state index contributed by atoms with van der Waals surface area (Å²) in [5.41, 5.74) is 6.19. The Labute approximate surface area is 154 Å². The Morgan fingerprint density at radius 3 is 2.37 bits per heavy atom. The normalized spacial score (nSPS) is 11.3. The van der Waals surface area contributed by atoms with Crippen LogP contribution in [0.3, 0.4) is 0 Å². The van der Waals surface area contributed by atoms with Crippen LogP contribution in [0.1, 0.15) is 5.89 Å². The molecule has 0 aliphatic heterocycles. The maximum Gasteiger partial charge on any atom is 0.339 e. The number of amides is 2. The summed E-state index contributed by atoms with van der Waals surface area (Å²) in [6, 6.07) is 13.8. The minimum atomic E-state index is -4.03. The van der Waals surface area contributed by atoms with Gasteiger partial charge in [0, 0.05) is 11.1 Å².